The van der Waals surface area contributed by atoms with Gasteiger partial charge in [-0.25, -0.2) is 4.39 Å². The molecular weight excluding hydrogens is 537 g/mol. The standard InChI is InChI=1S/C29H31BrFN3O3/c1-4-6-17-9-24-28(25(35)10-17)27(21(14-32)16(3)34-24)18-12-22(30)29(26(13-18)36-5-2)37-15-19-11-20(31)7-8-23(19)33/h7-8,11-13,17,27,34H,4-6,9-10,15,33H2,1-3H3. The number of rotatable bonds is 8. The molecule has 8 heteroatoms. The van der Waals surface area contributed by atoms with Crippen molar-refractivity contribution in [3.63, 3.8) is 0 Å². The number of nitrogens with one attached hydrogen (secondary N) is 1. The molecule has 2 unspecified atom stereocenters. The molecule has 0 aromatic heterocycles. The van der Waals surface area contributed by atoms with Crippen LogP contribution in [0.3, 0.4) is 0 Å². The lowest BCUT2D eigenvalue weighted by atomic mass is 9.72. The Morgan fingerprint density at radius 1 is 1.22 bits per heavy atom. The fourth-order valence-corrected chi connectivity index (χ4v) is 5.79. The molecule has 1 aliphatic carbocycles. The van der Waals surface area contributed by atoms with Crippen molar-refractivity contribution in [3.05, 3.63) is 74.3 Å². The Labute approximate surface area is 225 Å². The number of ketones is 1. The fourth-order valence-electron chi connectivity index (χ4n) is 5.22. The lowest BCUT2D eigenvalue weighted by molar-refractivity contribution is -0.117. The monoisotopic (exact) mass is 567 g/mol. The molecule has 1 aliphatic heterocycles. The Hall–Kier alpha value is -3.31. The van der Waals surface area contributed by atoms with Crippen LogP contribution in [-0.4, -0.2) is 12.4 Å². The maximum atomic E-state index is 13.7. The van der Waals surface area contributed by atoms with Crippen molar-refractivity contribution in [1.82, 2.24) is 5.32 Å². The highest BCUT2D eigenvalue weighted by Crippen LogP contribution is 2.47. The van der Waals surface area contributed by atoms with Crippen molar-refractivity contribution >= 4 is 27.4 Å². The highest BCUT2D eigenvalue weighted by molar-refractivity contribution is 9.10. The van der Waals surface area contributed by atoms with Crippen molar-refractivity contribution in [2.45, 2.75) is 59.0 Å². The highest BCUT2D eigenvalue weighted by Gasteiger charge is 2.39. The van der Waals surface area contributed by atoms with E-state index in [0.29, 0.717) is 57.3 Å². The number of dihydropyridines is 1. The van der Waals surface area contributed by atoms with E-state index in [1.807, 2.05) is 26.0 Å². The fraction of sp³-hybridized carbons (Fsp3) is 0.379. The molecule has 194 valence electrons. The first-order valence-electron chi connectivity index (χ1n) is 12.5. The number of allylic oxidation sites excluding steroid dienone is 4. The van der Waals surface area contributed by atoms with Crippen molar-refractivity contribution in [2.75, 3.05) is 12.3 Å². The molecule has 2 aromatic carbocycles. The number of carbonyl (C=O) groups excluding carboxylic acids is 1. The predicted molar refractivity (Wildman–Crippen MR) is 144 cm³/mol. The van der Waals surface area contributed by atoms with E-state index in [1.165, 1.54) is 18.2 Å². The van der Waals surface area contributed by atoms with Gasteiger partial charge in [0.05, 0.1) is 28.6 Å². The van der Waals surface area contributed by atoms with Gasteiger partial charge in [0.15, 0.2) is 17.3 Å². The molecule has 3 N–H and O–H groups in total. The molecule has 2 aliphatic rings. The first-order chi connectivity index (χ1) is 17.8. The summed E-state index contributed by atoms with van der Waals surface area (Å²) < 4.78 is 26.3. The number of nitrogens with two attached hydrogens (primary N) is 1. The Morgan fingerprint density at radius 2 is 2.00 bits per heavy atom. The lowest BCUT2D eigenvalue weighted by Crippen LogP contribution is -2.34. The zero-order chi connectivity index (χ0) is 26.7. The number of nitrogen functional groups attached to an aromatic ring is 1. The van der Waals surface area contributed by atoms with Crippen molar-refractivity contribution in [1.29, 1.82) is 5.26 Å². The molecule has 0 fully saturated rings. The van der Waals surface area contributed by atoms with Crippen LogP contribution in [0.5, 0.6) is 11.5 Å². The van der Waals surface area contributed by atoms with E-state index < -0.39 is 11.7 Å². The van der Waals surface area contributed by atoms with Crippen LogP contribution < -0.4 is 20.5 Å². The number of benzene rings is 2. The number of nitriles is 1. The quantitative estimate of drug-likeness (QED) is 0.346. The zero-order valence-corrected chi connectivity index (χ0v) is 22.9. The summed E-state index contributed by atoms with van der Waals surface area (Å²) in [6.45, 7) is 6.30. The first kappa shape index (κ1) is 26.7. The maximum absolute atomic E-state index is 13.7. The summed E-state index contributed by atoms with van der Waals surface area (Å²) in [6.07, 6.45) is 3.29. The number of Topliss-reactive ketones (excluding diaryl/α,β-unsaturated/α-hetero) is 1. The van der Waals surface area contributed by atoms with E-state index in [2.05, 4.69) is 34.2 Å². The predicted octanol–water partition coefficient (Wildman–Crippen LogP) is 6.67. The molecule has 2 aromatic rings. The summed E-state index contributed by atoms with van der Waals surface area (Å²) in [5.74, 6) is 0.386. The van der Waals surface area contributed by atoms with Crippen LogP contribution in [0.2, 0.25) is 0 Å². The highest BCUT2D eigenvalue weighted by atomic mass is 79.9. The summed E-state index contributed by atoms with van der Waals surface area (Å²) in [5, 5.41) is 13.4. The SMILES string of the molecule is CCCC1CC(=O)C2=C(C1)NC(C)=C(C#N)C2c1cc(Br)c(OCc2cc(F)ccc2N)c(OCC)c1. The molecule has 2 atom stereocenters. The van der Waals surface area contributed by atoms with Gasteiger partial charge in [-0.15, -0.1) is 0 Å². The number of hydrogen-bond acceptors (Lipinski definition) is 6. The second-order valence-electron chi connectivity index (χ2n) is 9.48. The van der Waals surface area contributed by atoms with Crippen LogP contribution in [0.1, 0.15) is 63.5 Å². The summed E-state index contributed by atoms with van der Waals surface area (Å²) >= 11 is 3.61. The Balaban J connectivity index is 1.75. The molecule has 0 spiro atoms. The molecular formula is C29H31BrFN3O3. The largest absolute Gasteiger partial charge is 0.490 e. The minimum absolute atomic E-state index is 0.0457. The zero-order valence-electron chi connectivity index (χ0n) is 21.3. The number of hydrogen-bond donors (Lipinski definition) is 2. The van der Waals surface area contributed by atoms with Crippen LogP contribution in [0, 0.1) is 23.1 Å². The van der Waals surface area contributed by atoms with Crippen molar-refractivity contribution in [3.8, 4) is 17.6 Å². The van der Waals surface area contributed by atoms with Gasteiger partial charge >= 0.3 is 0 Å². The van der Waals surface area contributed by atoms with E-state index in [-0.39, 0.29) is 12.4 Å². The number of carbonyl (C=O) groups is 1. The molecule has 0 amide bonds. The summed E-state index contributed by atoms with van der Waals surface area (Å²) in [5.41, 5.74) is 10.5. The average Bonchev–Trinajstić information content (AvgIpc) is 2.85. The number of nitrogens with zero attached hydrogens (tertiary/aromatic N) is 1. The van der Waals surface area contributed by atoms with E-state index in [9.17, 15) is 14.4 Å². The molecule has 0 bridgehead atoms. The summed E-state index contributed by atoms with van der Waals surface area (Å²) in [4.78, 5) is 13.4. The van der Waals surface area contributed by atoms with Gasteiger partial charge in [0.25, 0.3) is 0 Å². The molecule has 0 saturated carbocycles. The van der Waals surface area contributed by atoms with Crippen LogP contribution in [0.15, 0.2) is 57.3 Å². The third-order valence-corrected chi connectivity index (χ3v) is 7.46. The summed E-state index contributed by atoms with van der Waals surface area (Å²) in [7, 11) is 0. The van der Waals surface area contributed by atoms with Crippen LogP contribution >= 0.6 is 15.9 Å². The van der Waals surface area contributed by atoms with Gasteiger partial charge in [-0.3, -0.25) is 4.79 Å². The van der Waals surface area contributed by atoms with Gasteiger partial charge in [-0.2, -0.15) is 5.26 Å². The van der Waals surface area contributed by atoms with Gasteiger partial charge < -0.3 is 20.5 Å². The van der Waals surface area contributed by atoms with Crippen LogP contribution in [0.4, 0.5) is 10.1 Å². The molecule has 0 saturated heterocycles. The van der Waals surface area contributed by atoms with Crippen LogP contribution in [-0.2, 0) is 11.4 Å². The van der Waals surface area contributed by atoms with Gasteiger partial charge in [0.1, 0.15) is 12.4 Å². The van der Waals surface area contributed by atoms with Crippen LogP contribution in [0.25, 0.3) is 0 Å². The molecule has 1 heterocycles. The Kier molecular flexibility index (Phi) is 8.23. The van der Waals surface area contributed by atoms with E-state index >= 15 is 0 Å². The third kappa shape index (κ3) is 5.52. The van der Waals surface area contributed by atoms with E-state index in [4.69, 9.17) is 15.2 Å². The minimum atomic E-state index is -0.500. The van der Waals surface area contributed by atoms with Gasteiger partial charge in [0.2, 0.25) is 0 Å². The molecule has 37 heavy (non-hydrogen) atoms. The second kappa shape index (κ2) is 11.4. The first-order valence-corrected chi connectivity index (χ1v) is 13.3. The van der Waals surface area contributed by atoms with E-state index in [0.717, 1.165) is 36.2 Å². The maximum Gasteiger partial charge on any atom is 0.175 e. The molecule has 0 radical (unpaired) electrons. The van der Waals surface area contributed by atoms with Gasteiger partial charge in [-0.1, -0.05) is 13.3 Å². The second-order valence-corrected chi connectivity index (χ2v) is 10.3. The molecule has 6 nitrogen and oxygen atoms in total. The smallest absolute Gasteiger partial charge is 0.175 e. The number of ether oxygens (including phenoxy) is 2. The third-order valence-electron chi connectivity index (χ3n) is 6.87. The molecule has 4 rings (SSSR count). The normalized spacial score (nSPS) is 19.3. The van der Waals surface area contributed by atoms with Crippen molar-refractivity contribution < 1.29 is 18.7 Å². The Morgan fingerprint density at radius 3 is 2.70 bits per heavy atom. The Bertz CT molecular complexity index is 1330. The number of halogens is 2. The van der Waals surface area contributed by atoms with E-state index in [1.54, 1.807) is 0 Å². The topological polar surface area (TPSA) is 97.4 Å². The number of anilines is 1. The van der Waals surface area contributed by atoms with Gasteiger partial charge in [-0.05, 0) is 84.4 Å². The van der Waals surface area contributed by atoms with Gasteiger partial charge in [0, 0.05) is 34.6 Å². The van der Waals surface area contributed by atoms with Crippen molar-refractivity contribution in [2.24, 2.45) is 5.92 Å². The minimum Gasteiger partial charge on any atom is -0.490 e. The lowest BCUT2D eigenvalue weighted by Gasteiger charge is -2.35. The summed E-state index contributed by atoms with van der Waals surface area (Å²) in [6, 6.07) is 10.2. The average molecular weight is 568 g/mol.